The topological polar surface area (TPSA) is 64.0 Å². The summed E-state index contributed by atoms with van der Waals surface area (Å²) in [5, 5.41) is 5.00. The lowest BCUT2D eigenvalue weighted by Gasteiger charge is -2.12. The molecule has 1 aliphatic carbocycles. The highest BCUT2D eigenvalue weighted by Crippen LogP contribution is 2.34. The zero-order valence-electron chi connectivity index (χ0n) is 15.8. The molecule has 0 atom stereocenters. The highest BCUT2D eigenvalue weighted by atomic mass is 35.5. The van der Waals surface area contributed by atoms with Crippen LogP contribution in [-0.4, -0.2) is 21.2 Å². The summed E-state index contributed by atoms with van der Waals surface area (Å²) < 4.78 is 1.66. The summed E-state index contributed by atoms with van der Waals surface area (Å²) in [4.78, 5) is 32.3. The number of nitrogens with zero attached hydrogens (tertiary/aromatic N) is 2. The van der Waals surface area contributed by atoms with Crippen LogP contribution in [0.4, 0.5) is 5.69 Å². The van der Waals surface area contributed by atoms with Gasteiger partial charge in [0.05, 0.1) is 21.8 Å². The zero-order valence-corrected chi connectivity index (χ0v) is 18.9. The lowest BCUT2D eigenvalue weighted by molar-refractivity contribution is -0.113. The fraction of sp³-hybridized carbons (Fsp3) is 0.350. The highest BCUT2D eigenvalue weighted by molar-refractivity contribution is 7.99. The number of fused-ring (bicyclic) bond motifs is 3. The minimum Gasteiger partial charge on any atom is -0.324 e. The molecule has 0 bridgehead atoms. The van der Waals surface area contributed by atoms with Gasteiger partial charge in [0.2, 0.25) is 5.91 Å². The van der Waals surface area contributed by atoms with E-state index in [0.29, 0.717) is 27.4 Å². The van der Waals surface area contributed by atoms with Crippen LogP contribution in [0.15, 0.2) is 28.2 Å². The first kappa shape index (κ1) is 20.7. The predicted molar refractivity (Wildman–Crippen MR) is 122 cm³/mol. The molecule has 0 aliphatic heterocycles. The van der Waals surface area contributed by atoms with Crippen molar-refractivity contribution in [3.63, 3.8) is 0 Å². The molecule has 0 fully saturated rings. The smallest absolute Gasteiger partial charge is 0.263 e. The molecule has 4 rings (SSSR count). The van der Waals surface area contributed by atoms with Crippen LogP contribution in [0, 0.1) is 0 Å². The number of anilines is 1. The molecule has 1 aliphatic rings. The number of aryl methyl sites for hydroxylation is 2. The molecule has 0 saturated carbocycles. The molecule has 5 nitrogen and oxygen atoms in total. The van der Waals surface area contributed by atoms with E-state index in [1.807, 2.05) is 6.92 Å². The summed E-state index contributed by atoms with van der Waals surface area (Å²) in [7, 11) is 0. The maximum Gasteiger partial charge on any atom is 0.263 e. The van der Waals surface area contributed by atoms with Crippen molar-refractivity contribution in [2.45, 2.75) is 44.3 Å². The number of amides is 1. The minimum atomic E-state index is -0.221. The number of benzene rings is 1. The summed E-state index contributed by atoms with van der Waals surface area (Å²) in [6.07, 6.45) is 4.26. The molecule has 2 heterocycles. The summed E-state index contributed by atoms with van der Waals surface area (Å²) in [5.74, 6) is -0.0937. The second-order valence-electron chi connectivity index (χ2n) is 6.80. The molecule has 1 aromatic carbocycles. The summed E-state index contributed by atoms with van der Waals surface area (Å²) in [6.45, 7) is 2.44. The Bertz CT molecular complexity index is 1160. The number of carbonyl (C=O) groups is 1. The molecule has 2 aromatic heterocycles. The van der Waals surface area contributed by atoms with Crippen LogP contribution in [0.3, 0.4) is 0 Å². The standard InChI is InChI=1S/C20H19Cl2N3O2S2/c1-2-25-19(27)17-12-5-3-4-6-15(12)29-18(17)24-20(25)28-10-16(26)23-14-8-7-11(21)9-13(14)22/h7-9H,2-6,10H2,1H3,(H,23,26). The van der Waals surface area contributed by atoms with Gasteiger partial charge in [0.25, 0.3) is 5.56 Å². The molecule has 9 heteroatoms. The molecule has 1 N–H and O–H groups in total. The van der Waals surface area contributed by atoms with Gasteiger partial charge in [-0.2, -0.15) is 0 Å². The number of aromatic nitrogens is 2. The van der Waals surface area contributed by atoms with Crippen molar-refractivity contribution in [1.29, 1.82) is 0 Å². The number of carbonyl (C=O) groups excluding carboxylic acids is 1. The lowest BCUT2D eigenvalue weighted by Crippen LogP contribution is -2.24. The number of thioether (sulfide) groups is 1. The van der Waals surface area contributed by atoms with E-state index in [-0.39, 0.29) is 17.2 Å². The summed E-state index contributed by atoms with van der Waals surface area (Å²) in [5.41, 5.74) is 1.69. The number of rotatable bonds is 5. The van der Waals surface area contributed by atoms with E-state index < -0.39 is 0 Å². The molecule has 0 radical (unpaired) electrons. The van der Waals surface area contributed by atoms with Gasteiger partial charge in [0, 0.05) is 16.4 Å². The molecule has 3 aromatic rings. The Kier molecular flexibility index (Phi) is 6.20. The van der Waals surface area contributed by atoms with Gasteiger partial charge in [0.15, 0.2) is 5.16 Å². The van der Waals surface area contributed by atoms with Crippen LogP contribution in [0.2, 0.25) is 10.0 Å². The number of hydrogen-bond donors (Lipinski definition) is 1. The first-order valence-electron chi connectivity index (χ1n) is 9.40. The van der Waals surface area contributed by atoms with Crippen molar-refractivity contribution in [1.82, 2.24) is 9.55 Å². The fourth-order valence-corrected chi connectivity index (χ4v) is 6.14. The van der Waals surface area contributed by atoms with Crippen molar-refractivity contribution in [3.05, 3.63) is 49.0 Å². The molecule has 0 unspecified atom stereocenters. The average Bonchev–Trinajstić information content (AvgIpc) is 3.07. The fourth-order valence-electron chi connectivity index (χ4n) is 3.52. The number of hydrogen-bond acceptors (Lipinski definition) is 5. The quantitative estimate of drug-likeness (QED) is 0.403. The van der Waals surface area contributed by atoms with Crippen LogP contribution in [0.1, 0.15) is 30.2 Å². The molecule has 152 valence electrons. The van der Waals surface area contributed by atoms with Crippen molar-refractivity contribution < 1.29 is 4.79 Å². The monoisotopic (exact) mass is 467 g/mol. The van der Waals surface area contributed by atoms with Crippen LogP contribution >= 0.6 is 46.3 Å². The van der Waals surface area contributed by atoms with Crippen LogP contribution in [-0.2, 0) is 24.2 Å². The predicted octanol–water partition coefficient (Wildman–Crippen LogP) is 5.39. The second kappa shape index (κ2) is 8.68. The molecule has 29 heavy (non-hydrogen) atoms. The minimum absolute atomic E-state index is 0.000513. The van der Waals surface area contributed by atoms with Crippen molar-refractivity contribution in [2.24, 2.45) is 0 Å². The molecule has 0 saturated heterocycles. The van der Waals surface area contributed by atoms with E-state index in [0.717, 1.165) is 35.9 Å². The Hall–Kier alpha value is -1.54. The normalized spacial score (nSPS) is 13.5. The molecule has 1 amide bonds. The first-order chi connectivity index (χ1) is 14.0. The highest BCUT2D eigenvalue weighted by Gasteiger charge is 2.22. The second-order valence-corrected chi connectivity index (χ2v) is 9.67. The lowest BCUT2D eigenvalue weighted by atomic mass is 9.97. The Morgan fingerprint density at radius 2 is 2.10 bits per heavy atom. The van der Waals surface area contributed by atoms with Crippen LogP contribution in [0.25, 0.3) is 10.2 Å². The number of halogens is 2. The average molecular weight is 468 g/mol. The zero-order chi connectivity index (χ0) is 20.5. The summed E-state index contributed by atoms with van der Waals surface area (Å²) in [6, 6.07) is 4.91. The van der Waals surface area contributed by atoms with Gasteiger partial charge >= 0.3 is 0 Å². The van der Waals surface area contributed by atoms with Gasteiger partial charge in [0.1, 0.15) is 4.83 Å². The van der Waals surface area contributed by atoms with E-state index in [1.165, 1.54) is 22.2 Å². The first-order valence-corrected chi connectivity index (χ1v) is 12.0. The third kappa shape index (κ3) is 4.19. The van der Waals surface area contributed by atoms with E-state index in [9.17, 15) is 9.59 Å². The Labute approximate surface area is 186 Å². The van der Waals surface area contributed by atoms with Gasteiger partial charge < -0.3 is 5.32 Å². The molecular formula is C20H19Cl2N3O2S2. The Balaban J connectivity index is 1.57. The third-order valence-corrected chi connectivity index (χ3v) is 7.60. The number of thiophene rings is 1. The van der Waals surface area contributed by atoms with E-state index in [2.05, 4.69) is 5.32 Å². The molecular weight excluding hydrogens is 449 g/mol. The van der Waals surface area contributed by atoms with E-state index >= 15 is 0 Å². The summed E-state index contributed by atoms with van der Waals surface area (Å²) >= 11 is 14.9. The van der Waals surface area contributed by atoms with Gasteiger partial charge in [-0.25, -0.2) is 4.98 Å². The van der Waals surface area contributed by atoms with Crippen molar-refractivity contribution >= 4 is 68.1 Å². The Morgan fingerprint density at radius 1 is 1.31 bits per heavy atom. The Morgan fingerprint density at radius 3 is 2.86 bits per heavy atom. The van der Waals surface area contributed by atoms with Gasteiger partial charge in [-0.15, -0.1) is 11.3 Å². The SMILES string of the molecule is CCn1c(SCC(=O)Nc2ccc(Cl)cc2Cl)nc2sc3c(c2c1=O)CCCC3. The van der Waals surface area contributed by atoms with Gasteiger partial charge in [-0.3, -0.25) is 14.2 Å². The van der Waals surface area contributed by atoms with Crippen molar-refractivity contribution in [2.75, 3.05) is 11.1 Å². The van der Waals surface area contributed by atoms with E-state index in [4.69, 9.17) is 28.2 Å². The third-order valence-electron chi connectivity index (χ3n) is 4.89. The van der Waals surface area contributed by atoms with E-state index in [1.54, 1.807) is 34.1 Å². The maximum absolute atomic E-state index is 13.1. The van der Waals surface area contributed by atoms with Gasteiger partial charge in [-0.05, 0) is 56.4 Å². The van der Waals surface area contributed by atoms with Crippen LogP contribution < -0.4 is 10.9 Å². The van der Waals surface area contributed by atoms with Crippen molar-refractivity contribution in [3.8, 4) is 0 Å². The number of nitrogens with one attached hydrogen (secondary N) is 1. The largest absolute Gasteiger partial charge is 0.324 e. The van der Waals surface area contributed by atoms with Gasteiger partial charge in [-0.1, -0.05) is 35.0 Å². The maximum atomic E-state index is 13.1. The van der Waals surface area contributed by atoms with Crippen LogP contribution in [0.5, 0.6) is 0 Å². The molecule has 0 spiro atoms.